The van der Waals surface area contributed by atoms with Crippen LogP contribution in [-0.4, -0.2) is 74.1 Å². The van der Waals surface area contributed by atoms with Crippen LogP contribution in [0.1, 0.15) is 25.7 Å². The molecule has 0 unspecified atom stereocenters. The molecule has 0 saturated carbocycles. The van der Waals surface area contributed by atoms with Crippen molar-refractivity contribution in [3.63, 3.8) is 0 Å². The van der Waals surface area contributed by atoms with Gasteiger partial charge in [-0.2, -0.15) is 0 Å². The molecule has 0 amide bonds. The molecule has 0 aromatic rings. The Hall–Kier alpha value is -1.40. The van der Waals surface area contributed by atoms with Crippen LogP contribution in [-0.2, 0) is 19.1 Å². The molecule has 0 aliphatic carbocycles. The Morgan fingerprint density at radius 2 is 1.45 bits per heavy atom. The quantitative estimate of drug-likeness (QED) is 0.249. The molecule has 0 fully saturated rings. The highest BCUT2D eigenvalue weighted by Gasteiger charge is 2.26. The zero-order chi connectivity index (χ0) is 16.5. The second-order valence-electron chi connectivity index (χ2n) is 4.77. The van der Waals surface area contributed by atoms with Crippen LogP contribution in [0.5, 0.6) is 0 Å². The summed E-state index contributed by atoms with van der Waals surface area (Å²) in [5.41, 5.74) is -1.06. The Labute approximate surface area is 129 Å². The summed E-state index contributed by atoms with van der Waals surface area (Å²) >= 11 is 0. The van der Waals surface area contributed by atoms with E-state index in [-0.39, 0.29) is 19.8 Å². The number of isocyanates is 2. The normalized spacial score (nSPS) is 13.0. The van der Waals surface area contributed by atoms with Crippen molar-refractivity contribution in [1.82, 2.24) is 0 Å². The summed E-state index contributed by atoms with van der Waals surface area (Å²) in [4.78, 5) is 26.9. The van der Waals surface area contributed by atoms with Gasteiger partial charge in [-0.05, 0) is 25.7 Å². The molecule has 8 nitrogen and oxygen atoms in total. The molecule has 0 spiro atoms. The summed E-state index contributed by atoms with van der Waals surface area (Å²) in [5.74, 6) is 0. The molecule has 0 aliphatic rings. The zero-order valence-electron chi connectivity index (χ0n) is 12.7. The summed E-state index contributed by atoms with van der Waals surface area (Å²) in [6, 6.07) is 0. The third-order valence-corrected chi connectivity index (χ3v) is 2.93. The second kappa shape index (κ2) is 14.5. The number of nitrogens with zero attached hydrogens (tertiary/aromatic N) is 2. The van der Waals surface area contributed by atoms with Crippen molar-refractivity contribution in [2.24, 2.45) is 9.98 Å². The summed E-state index contributed by atoms with van der Waals surface area (Å²) in [7, 11) is 0. The van der Waals surface area contributed by atoms with Crippen molar-refractivity contribution < 1.29 is 29.3 Å². The Kier molecular flexibility index (Phi) is 13.6. The first-order chi connectivity index (χ1) is 10.7. The van der Waals surface area contributed by atoms with Gasteiger partial charge in [-0.3, -0.25) is 0 Å². The van der Waals surface area contributed by atoms with Gasteiger partial charge < -0.3 is 19.7 Å². The van der Waals surface area contributed by atoms with Crippen LogP contribution in [0, 0.1) is 0 Å². The molecule has 0 atom stereocenters. The average molecular weight is 316 g/mol. The molecule has 0 aromatic heterocycles. The van der Waals surface area contributed by atoms with Crippen molar-refractivity contribution in [3.8, 4) is 0 Å². The second-order valence-corrected chi connectivity index (χ2v) is 4.77. The smallest absolute Gasteiger partial charge is 0.234 e. The van der Waals surface area contributed by atoms with Crippen molar-refractivity contribution in [1.29, 1.82) is 0 Å². The summed E-state index contributed by atoms with van der Waals surface area (Å²) in [5, 5.41) is 19.1. The highest BCUT2D eigenvalue weighted by molar-refractivity contribution is 5.32. The van der Waals surface area contributed by atoms with Crippen LogP contribution in [0.2, 0.25) is 0 Å². The lowest BCUT2D eigenvalue weighted by atomic mass is 9.93. The van der Waals surface area contributed by atoms with Gasteiger partial charge in [0.2, 0.25) is 12.2 Å². The molecule has 0 heterocycles. The monoisotopic (exact) mass is 316 g/mol. The topological polar surface area (TPSA) is 118 Å². The van der Waals surface area contributed by atoms with Crippen molar-refractivity contribution in [3.05, 3.63) is 0 Å². The molecular formula is C14H24N2O6. The van der Waals surface area contributed by atoms with Gasteiger partial charge in [0.1, 0.15) is 0 Å². The molecule has 0 aliphatic heterocycles. The molecule has 0 rings (SSSR count). The van der Waals surface area contributed by atoms with Crippen molar-refractivity contribution in [2.75, 3.05) is 46.1 Å². The van der Waals surface area contributed by atoms with Gasteiger partial charge >= 0.3 is 0 Å². The minimum Gasteiger partial charge on any atom is -0.394 e. The van der Waals surface area contributed by atoms with E-state index in [1.165, 1.54) is 12.2 Å². The number of rotatable bonds is 15. The lowest BCUT2D eigenvalue weighted by Crippen LogP contribution is -2.35. The lowest BCUT2D eigenvalue weighted by Gasteiger charge is -2.27. The first-order valence-electron chi connectivity index (χ1n) is 7.24. The highest BCUT2D eigenvalue weighted by atomic mass is 16.5. The van der Waals surface area contributed by atoms with Gasteiger partial charge in [0.25, 0.3) is 0 Å². The van der Waals surface area contributed by atoms with Gasteiger partial charge in [0, 0.05) is 0 Å². The van der Waals surface area contributed by atoms with Crippen LogP contribution in [0.4, 0.5) is 0 Å². The molecule has 126 valence electrons. The number of carbonyl (C=O) groups excluding carboxylic acids is 2. The van der Waals surface area contributed by atoms with Gasteiger partial charge in [-0.1, -0.05) is 0 Å². The number of ether oxygens (including phenoxy) is 2. The van der Waals surface area contributed by atoms with Gasteiger partial charge in [0.15, 0.2) is 0 Å². The number of hydrogen-bond donors (Lipinski definition) is 2. The van der Waals surface area contributed by atoms with E-state index in [0.29, 0.717) is 52.0 Å². The standard InChI is InChI=1S/C14H24N2O6/c17-7-8-21-9-10-22-11-14(20,3-1-5-15-12-18)4-2-6-16-13-19/h17,20H,1-11H2. The van der Waals surface area contributed by atoms with Crippen LogP contribution >= 0.6 is 0 Å². The summed E-state index contributed by atoms with van der Waals surface area (Å²) < 4.78 is 10.4. The Morgan fingerprint density at radius 1 is 0.909 bits per heavy atom. The molecule has 8 heteroatoms. The Morgan fingerprint density at radius 3 is 1.95 bits per heavy atom. The Bertz CT molecular complexity index is 340. The molecule has 2 N–H and O–H groups in total. The van der Waals surface area contributed by atoms with E-state index in [1.54, 1.807) is 0 Å². The van der Waals surface area contributed by atoms with E-state index in [2.05, 4.69) is 9.98 Å². The van der Waals surface area contributed by atoms with E-state index in [9.17, 15) is 14.7 Å². The number of aliphatic imine (C=N–C) groups is 2. The fourth-order valence-corrected chi connectivity index (χ4v) is 1.88. The van der Waals surface area contributed by atoms with E-state index < -0.39 is 5.60 Å². The van der Waals surface area contributed by atoms with Gasteiger partial charge in [0.05, 0.1) is 51.7 Å². The van der Waals surface area contributed by atoms with E-state index in [1.807, 2.05) is 0 Å². The molecule has 0 radical (unpaired) electrons. The fraction of sp³-hybridized carbons (Fsp3) is 0.857. The number of aliphatic hydroxyl groups is 2. The zero-order valence-corrected chi connectivity index (χ0v) is 12.7. The van der Waals surface area contributed by atoms with Gasteiger partial charge in [-0.25, -0.2) is 19.6 Å². The summed E-state index contributed by atoms with van der Waals surface area (Å²) in [6.07, 6.45) is 4.81. The predicted molar refractivity (Wildman–Crippen MR) is 78.1 cm³/mol. The maximum absolute atomic E-state index is 10.5. The van der Waals surface area contributed by atoms with Crippen LogP contribution in [0.3, 0.4) is 0 Å². The minimum atomic E-state index is -1.06. The average Bonchev–Trinajstić information content (AvgIpc) is 2.52. The third-order valence-electron chi connectivity index (χ3n) is 2.93. The van der Waals surface area contributed by atoms with Crippen LogP contribution in [0.25, 0.3) is 0 Å². The van der Waals surface area contributed by atoms with E-state index in [0.717, 1.165) is 0 Å². The number of hydrogen-bond acceptors (Lipinski definition) is 8. The van der Waals surface area contributed by atoms with Crippen molar-refractivity contribution in [2.45, 2.75) is 31.3 Å². The first-order valence-corrected chi connectivity index (χ1v) is 7.24. The molecule has 22 heavy (non-hydrogen) atoms. The summed E-state index contributed by atoms with van der Waals surface area (Å²) in [6.45, 7) is 1.57. The molecule has 0 bridgehead atoms. The molecule has 0 saturated heterocycles. The Balaban J connectivity index is 4.11. The predicted octanol–water partition coefficient (Wildman–Crippen LogP) is -0.0250. The molecular weight excluding hydrogens is 292 g/mol. The maximum Gasteiger partial charge on any atom is 0.234 e. The first kappa shape index (κ1) is 20.6. The SMILES string of the molecule is O=C=NCCCC(O)(CCCN=C=O)COCCOCCO. The van der Waals surface area contributed by atoms with Gasteiger partial charge in [-0.15, -0.1) is 0 Å². The van der Waals surface area contributed by atoms with E-state index >= 15 is 0 Å². The highest BCUT2D eigenvalue weighted by Crippen LogP contribution is 2.20. The minimum absolute atomic E-state index is 0.0432. The maximum atomic E-state index is 10.5. The third kappa shape index (κ3) is 12.3. The van der Waals surface area contributed by atoms with Crippen LogP contribution < -0.4 is 0 Å². The largest absolute Gasteiger partial charge is 0.394 e. The van der Waals surface area contributed by atoms with Crippen LogP contribution in [0.15, 0.2) is 9.98 Å². The lowest BCUT2D eigenvalue weighted by molar-refractivity contribution is -0.0696. The fourth-order valence-electron chi connectivity index (χ4n) is 1.88. The molecule has 0 aromatic carbocycles. The van der Waals surface area contributed by atoms with E-state index in [4.69, 9.17) is 14.6 Å². The number of aliphatic hydroxyl groups excluding tert-OH is 1. The van der Waals surface area contributed by atoms with Crippen molar-refractivity contribution >= 4 is 12.2 Å².